The molecule has 0 bridgehead atoms. The first-order valence-electron chi connectivity index (χ1n) is 6.70. The van der Waals surface area contributed by atoms with Gasteiger partial charge in [-0.25, -0.2) is 0 Å². The van der Waals surface area contributed by atoms with Gasteiger partial charge >= 0.3 is 0 Å². The Labute approximate surface area is 115 Å². The summed E-state index contributed by atoms with van der Waals surface area (Å²) in [7, 11) is 3.07. The molecule has 1 rings (SSSR count). The van der Waals surface area contributed by atoms with Gasteiger partial charge in [0.25, 0.3) is 0 Å². The quantitative estimate of drug-likeness (QED) is 0.797. The fraction of sp³-hybridized carbons (Fsp3) is 0.600. The Morgan fingerprint density at radius 1 is 1.16 bits per heavy atom. The minimum Gasteiger partial charge on any atom is -0.502 e. The van der Waals surface area contributed by atoms with Crippen molar-refractivity contribution in [1.29, 1.82) is 0 Å². The molecule has 0 aliphatic carbocycles. The normalized spacial score (nSPS) is 12.5. The van der Waals surface area contributed by atoms with E-state index in [1.807, 2.05) is 12.1 Å². The first kappa shape index (κ1) is 15.6. The minimum absolute atomic E-state index is 0.0460. The van der Waals surface area contributed by atoms with Crippen LogP contribution in [0.1, 0.15) is 32.8 Å². The van der Waals surface area contributed by atoms with Gasteiger partial charge in [0.2, 0.25) is 5.75 Å². The van der Waals surface area contributed by atoms with Gasteiger partial charge in [-0.05, 0) is 30.0 Å². The van der Waals surface area contributed by atoms with E-state index in [9.17, 15) is 5.11 Å². The minimum atomic E-state index is 0.0460. The highest BCUT2D eigenvalue weighted by molar-refractivity contribution is 5.52. The summed E-state index contributed by atoms with van der Waals surface area (Å²) < 4.78 is 10.3. The molecule has 0 fully saturated rings. The van der Waals surface area contributed by atoms with Gasteiger partial charge in [-0.15, -0.1) is 0 Å². The van der Waals surface area contributed by atoms with E-state index in [-0.39, 0.29) is 5.75 Å². The van der Waals surface area contributed by atoms with E-state index in [0.717, 1.165) is 18.5 Å². The second-order valence-electron chi connectivity index (χ2n) is 4.99. The summed E-state index contributed by atoms with van der Waals surface area (Å²) in [5, 5.41) is 13.4. The topological polar surface area (TPSA) is 50.7 Å². The summed E-state index contributed by atoms with van der Waals surface area (Å²) >= 11 is 0. The first-order chi connectivity index (χ1) is 9.03. The van der Waals surface area contributed by atoms with E-state index < -0.39 is 0 Å². The van der Waals surface area contributed by atoms with E-state index in [1.54, 1.807) is 0 Å². The molecule has 0 saturated carbocycles. The van der Waals surface area contributed by atoms with Crippen molar-refractivity contribution in [3.8, 4) is 17.2 Å². The van der Waals surface area contributed by atoms with E-state index in [2.05, 4.69) is 26.1 Å². The second kappa shape index (κ2) is 7.24. The van der Waals surface area contributed by atoms with Crippen LogP contribution in [0.25, 0.3) is 0 Å². The molecule has 0 aromatic heterocycles. The Hall–Kier alpha value is -1.42. The lowest BCUT2D eigenvalue weighted by atomic mass is 10.0. The standard InChI is InChI=1S/C15H25NO3/c1-6-12(10(2)3)16-9-11-7-13(18-4)15(17)14(8-11)19-5/h7-8,10,12,16-17H,6,9H2,1-5H3. The number of ether oxygens (including phenoxy) is 2. The maximum atomic E-state index is 9.85. The molecule has 0 spiro atoms. The van der Waals surface area contributed by atoms with Crippen molar-refractivity contribution in [2.75, 3.05) is 14.2 Å². The predicted octanol–water partition coefficient (Wildman–Crippen LogP) is 2.93. The Kier molecular flexibility index (Phi) is 5.96. The number of methoxy groups -OCH3 is 2. The van der Waals surface area contributed by atoms with Crippen molar-refractivity contribution in [3.05, 3.63) is 17.7 Å². The lowest BCUT2D eigenvalue weighted by Gasteiger charge is -2.21. The maximum absolute atomic E-state index is 9.85. The van der Waals surface area contributed by atoms with Gasteiger partial charge in [-0.3, -0.25) is 0 Å². The van der Waals surface area contributed by atoms with E-state index >= 15 is 0 Å². The van der Waals surface area contributed by atoms with Gasteiger partial charge < -0.3 is 19.9 Å². The maximum Gasteiger partial charge on any atom is 0.200 e. The molecule has 1 aromatic rings. The highest BCUT2D eigenvalue weighted by atomic mass is 16.5. The third-order valence-corrected chi connectivity index (χ3v) is 3.35. The second-order valence-corrected chi connectivity index (χ2v) is 4.99. The average Bonchev–Trinajstić information content (AvgIpc) is 2.40. The number of nitrogens with one attached hydrogen (secondary N) is 1. The molecule has 2 N–H and O–H groups in total. The Balaban J connectivity index is 2.84. The highest BCUT2D eigenvalue weighted by Crippen LogP contribution is 2.37. The van der Waals surface area contributed by atoms with Crippen LogP contribution in [0.4, 0.5) is 0 Å². The van der Waals surface area contributed by atoms with E-state index in [1.165, 1.54) is 14.2 Å². The van der Waals surface area contributed by atoms with Gasteiger partial charge in [0.15, 0.2) is 11.5 Å². The summed E-state index contributed by atoms with van der Waals surface area (Å²) in [6, 6.07) is 4.14. The SMILES string of the molecule is CCC(NCc1cc(OC)c(O)c(OC)c1)C(C)C. The number of rotatable bonds is 7. The molecule has 0 aliphatic rings. The van der Waals surface area contributed by atoms with E-state index in [4.69, 9.17) is 9.47 Å². The monoisotopic (exact) mass is 267 g/mol. The smallest absolute Gasteiger partial charge is 0.200 e. The first-order valence-corrected chi connectivity index (χ1v) is 6.70. The molecular formula is C15H25NO3. The van der Waals surface area contributed by atoms with E-state index in [0.29, 0.717) is 23.5 Å². The van der Waals surface area contributed by atoms with Crippen LogP contribution in [-0.2, 0) is 6.54 Å². The number of benzene rings is 1. The molecule has 0 radical (unpaired) electrons. The zero-order chi connectivity index (χ0) is 14.4. The summed E-state index contributed by atoms with van der Waals surface area (Å²) in [6.45, 7) is 7.32. The lowest BCUT2D eigenvalue weighted by Crippen LogP contribution is -2.32. The molecule has 4 nitrogen and oxygen atoms in total. The van der Waals surface area contributed by atoms with Crippen LogP contribution in [0.3, 0.4) is 0 Å². The third kappa shape index (κ3) is 4.03. The summed E-state index contributed by atoms with van der Waals surface area (Å²) in [6.07, 6.45) is 1.09. The summed E-state index contributed by atoms with van der Waals surface area (Å²) in [5.74, 6) is 1.51. The number of phenols is 1. The predicted molar refractivity (Wildman–Crippen MR) is 77.0 cm³/mol. The summed E-state index contributed by atoms with van der Waals surface area (Å²) in [4.78, 5) is 0. The van der Waals surface area contributed by atoms with Crippen molar-refractivity contribution in [1.82, 2.24) is 5.32 Å². The van der Waals surface area contributed by atoms with Gasteiger partial charge in [0, 0.05) is 12.6 Å². The van der Waals surface area contributed by atoms with Gasteiger partial charge in [0.05, 0.1) is 14.2 Å². The fourth-order valence-electron chi connectivity index (χ4n) is 2.15. The zero-order valence-electron chi connectivity index (χ0n) is 12.5. The molecule has 1 aromatic carbocycles. The molecule has 4 heteroatoms. The molecule has 1 atom stereocenters. The number of hydrogen-bond acceptors (Lipinski definition) is 4. The Bertz CT molecular complexity index is 379. The molecule has 108 valence electrons. The van der Waals surface area contributed by atoms with Crippen molar-refractivity contribution in [2.24, 2.45) is 5.92 Å². The van der Waals surface area contributed by atoms with Crippen LogP contribution in [0.5, 0.6) is 17.2 Å². The van der Waals surface area contributed by atoms with Gasteiger partial charge in [-0.1, -0.05) is 20.8 Å². The molecule has 0 saturated heterocycles. The Morgan fingerprint density at radius 2 is 1.68 bits per heavy atom. The van der Waals surface area contributed by atoms with Crippen LogP contribution in [-0.4, -0.2) is 25.4 Å². The van der Waals surface area contributed by atoms with Crippen LogP contribution in [0.15, 0.2) is 12.1 Å². The number of phenolic OH excluding ortho intramolecular Hbond substituents is 1. The van der Waals surface area contributed by atoms with Crippen LogP contribution in [0, 0.1) is 5.92 Å². The fourth-order valence-corrected chi connectivity index (χ4v) is 2.15. The highest BCUT2D eigenvalue weighted by Gasteiger charge is 2.13. The number of hydrogen-bond donors (Lipinski definition) is 2. The van der Waals surface area contributed by atoms with Crippen LogP contribution in [0.2, 0.25) is 0 Å². The van der Waals surface area contributed by atoms with Gasteiger partial charge in [-0.2, -0.15) is 0 Å². The molecule has 19 heavy (non-hydrogen) atoms. The largest absolute Gasteiger partial charge is 0.502 e. The molecule has 1 unspecified atom stereocenters. The van der Waals surface area contributed by atoms with Crippen molar-refractivity contribution < 1.29 is 14.6 Å². The molecule has 0 amide bonds. The molecule has 0 heterocycles. The lowest BCUT2D eigenvalue weighted by molar-refractivity contribution is 0.338. The van der Waals surface area contributed by atoms with Crippen LogP contribution < -0.4 is 14.8 Å². The van der Waals surface area contributed by atoms with Crippen molar-refractivity contribution >= 4 is 0 Å². The molecule has 0 aliphatic heterocycles. The summed E-state index contributed by atoms with van der Waals surface area (Å²) in [5.41, 5.74) is 1.03. The Morgan fingerprint density at radius 3 is 2.05 bits per heavy atom. The number of aromatic hydroxyl groups is 1. The van der Waals surface area contributed by atoms with Crippen LogP contribution >= 0.6 is 0 Å². The third-order valence-electron chi connectivity index (χ3n) is 3.35. The van der Waals surface area contributed by atoms with Gasteiger partial charge in [0.1, 0.15) is 0 Å². The average molecular weight is 267 g/mol. The molecular weight excluding hydrogens is 242 g/mol. The van der Waals surface area contributed by atoms with Crippen molar-refractivity contribution in [3.63, 3.8) is 0 Å². The zero-order valence-corrected chi connectivity index (χ0v) is 12.5. The van der Waals surface area contributed by atoms with Crippen molar-refractivity contribution in [2.45, 2.75) is 39.8 Å².